The first kappa shape index (κ1) is 14.4. The second-order valence-corrected chi connectivity index (χ2v) is 5.71. The molecule has 0 unspecified atom stereocenters. The van der Waals surface area contributed by atoms with Crippen molar-refractivity contribution in [2.45, 2.75) is 44.8 Å². The van der Waals surface area contributed by atoms with Crippen molar-refractivity contribution in [3.63, 3.8) is 0 Å². The molecule has 2 N–H and O–H groups in total. The van der Waals surface area contributed by atoms with Crippen LogP contribution in [0.4, 0.5) is 8.78 Å². The monoisotopic (exact) mass is 269 g/mol. The third-order valence-electron chi connectivity index (χ3n) is 4.02. The van der Waals surface area contributed by atoms with E-state index in [0.29, 0.717) is 12.5 Å². The molecule has 19 heavy (non-hydrogen) atoms. The summed E-state index contributed by atoms with van der Waals surface area (Å²) < 4.78 is 26.8. The van der Waals surface area contributed by atoms with Gasteiger partial charge in [0.2, 0.25) is 0 Å². The van der Waals surface area contributed by atoms with Gasteiger partial charge >= 0.3 is 0 Å². The van der Waals surface area contributed by atoms with Gasteiger partial charge in [-0.3, -0.25) is 0 Å². The molecule has 0 heterocycles. The molecule has 0 aromatic heterocycles. The van der Waals surface area contributed by atoms with Crippen LogP contribution in [0.1, 0.15) is 38.2 Å². The molecule has 0 spiro atoms. The molecule has 2 nitrogen and oxygen atoms in total. The van der Waals surface area contributed by atoms with Crippen LogP contribution in [0.5, 0.6) is 0 Å². The van der Waals surface area contributed by atoms with Crippen LogP contribution < -0.4 is 5.32 Å². The molecular formula is C15H21F2NO. The maximum atomic E-state index is 13.4. The van der Waals surface area contributed by atoms with Gasteiger partial charge in [0.1, 0.15) is 11.6 Å². The van der Waals surface area contributed by atoms with E-state index in [9.17, 15) is 13.9 Å². The molecule has 1 aromatic rings. The van der Waals surface area contributed by atoms with Crippen molar-refractivity contribution < 1.29 is 13.9 Å². The highest BCUT2D eigenvalue weighted by molar-refractivity contribution is 5.19. The van der Waals surface area contributed by atoms with Crippen LogP contribution in [0.3, 0.4) is 0 Å². The zero-order chi connectivity index (χ0) is 13.9. The number of nitrogens with one attached hydrogen (secondary N) is 1. The van der Waals surface area contributed by atoms with Gasteiger partial charge in [-0.1, -0.05) is 13.0 Å². The molecule has 1 aromatic carbocycles. The molecular weight excluding hydrogens is 248 g/mol. The maximum Gasteiger partial charge on any atom is 0.130 e. The highest BCUT2D eigenvalue weighted by Crippen LogP contribution is 2.31. The predicted octanol–water partition coefficient (Wildman–Crippen LogP) is 3.00. The molecule has 0 saturated heterocycles. The lowest BCUT2D eigenvalue weighted by atomic mass is 9.79. The fourth-order valence-electron chi connectivity index (χ4n) is 2.60. The van der Waals surface area contributed by atoms with E-state index in [4.69, 9.17) is 0 Å². The Morgan fingerprint density at radius 3 is 2.42 bits per heavy atom. The van der Waals surface area contributed by atoms with Gasteiger partial charge in [0.05, 0.1) is 5.60 Å². The van der Waals surface area contributed by atoms with E-state index < -0.39 is 17.2 Å². The maximum absolute atomic E-state index is 13.4. The zero-order valence-corrected chi connectivity index (χ0v) is 11.3. The average Bonchev–Trinajstić information content (AvgIpc) is 2.37. The number of halogens is 2. The van der Waals surface area contributed by atoms with Crippen LogP contribution in [0.2, 0.25) is 0 Å². The molecule has 106 valence electrons. The van der Waals surface area contributed by atoms with Crippen LogP contribution >= 0.6 is 0 Å². The first-order valence-corrected chi connectivity index (χ1v) is 6.86. The van der Waals surface area contributed by atoms with E-state index in [1.807, 2.05) is 0 Å². The summed E-state index contributed by atoms with van der Waals surface area (Å²) in [5, 5.41) is 13.3. The Morgan fingerprint density at radius 2 is 1.84 bits per heavy atom. The summed E-state index contributed by atoms with van der Waals surface area (Å²) in [5.41, 5.74) is -0.691. The van der Waals surface area contributed by atoms with Gasteiger partial charge < -0.3 is 10.4 Å². The zero-order valence-electron chi connectivity index (χ0n) is 11.3. The minimum Gasteiger partial charge on any atom is -0.389 e. The molecule has 1 aliphatic carbocycles. The minimum atomic E-state index is -0.728. The number of benzene rings is 1. The molecule has 0 atom stereocenters. The van der Waals surface area contributed by atoms with E-state index in [1.54, 1.807) is 0 Å². The highest BCUT2D eigenvalue weighted by atomic mass is 19.1. The minimum absolute atomic E-state index is 0.0373. The molecule has 1 saturated carbocycles. The van der Waals surface area contributed by atoms with Crippen LogP contribution in [0.25, 0.3) is 0 Å². The predicted molar refractivity (Wildman–Crippen MR) is 70.6 cm³/mol. The Hall–Kier alpha value is -1.00. The lowest BCUT2D eigenvalue weighted by molar-refractivity contribution is -0.00640. The molecule has 0 aliphatic heterocycles. The van der Waals surface area contributed by atoms with Crippen LogP contribution in [0.15, 0.2) is 18.2 Å². The van der Waals surface area contributed by atoms with E-state index in [0.717, 1.165) is 25.7 Å². The van der Waals surface area contributed by atoms with Gasteiger partial charge in [-0.25, -0.2) is 8.78 Å². The number of hydrogen-bond donors (Lipinski definition) is 2. The molecule has 4 heteroatoms. The Kier molecular flexibility index (Phi) is 4.53. The van der Waals surface area contributed by atoms with Crippen LogP contribution in [-0.4, -0.2) is 17.3 Å². The molecule has 1 aliphatic rings. The standard InChI is InChI=1S/C15H21F2NO/c1-11-5-7-15(19,8-6-11)10-18-9-12-13(16)3-2-4-14(12)17/h2-4,11,18-19H,5-10H2,1H3. The summed E-state index contributed by atoms with van der Waals surface area (Å²) in [6.07, 6.45) is 3.51. The second kappa shape index (κ2) is 5.97. The summed E-state index contributed by atoms with van der Waals surface area (Å²) in [7, 11) is 0. The smallest absolute Gasteiger partial charge is 0.130 e. The largest absolute Gasteiger partial charge is 0.389 e. The lowest BCUT2D eigenvalue weighted by Gasteiger charge is -2.35. The van der Waals surface area contributed by atoms with Crippen LogP contribution in [-0.2, 0) is 6.54 Å². The molecule has 2 rings (SSSR count). The Balaban J connectivity index is 1.86. The number of aliphatic hydroxyl groups is 1. The van der Waals surface area contributed by atoms with Crippen molar-refractivity contribution >= 4 is 0 Å². The van der Waals surface area contributed by atoms with E-state index in [-0.39, 0.29) is 12.1 Å². The van der Waals surface area contributed by atoms with Crippen molar-refractivity contribution in [3.05, 3.63) is 35.4 Å². The van der Waals surface area contributed by atoms with Gasteiger partial charge in [-0.05, 0) is 43.7 Å². The fourth-order valence-corrected chi connectivity index (χ4v) is 2.60. The van der Waals surface area contributed by atoms with Gasteiger partial charge in [-0.15, -0.1) is 0 Å². The Bertz CT molecular complexity index is 408. The third-order valence-corrected chi connectivity index (χ3v) is 4.02. The van der Waals surface area contributed by atoms with Gasteiger partial charge in [-0.2, -0.15) is 0 Å². The second-order valence-electron chi connectivity index (χ2n) is 5.71. The SMILES string of the molecule is CC1CCC(O)(CNCc2c(F)cccc2F)CC1. The Morgan fingerprint density at radius 1 is 1.26 bits per heavy atom. The van der Waals surface area contributed by atoms with Crippen molar-refractivity contribution in [2.75, 3.05) is 6.54 Å². The molecule has 1 fully saturated rings. The van der Waals surface area contributed by atoms with Gasteiger partial charge in [0.25, 0.3) is 0 Å². The highest BCUT2D eigenvalue weighted by Gasteiger charge is 2.31. The van der Waals surface area contributed by atoms with Crippen molar-refractivity contribution in [3.8, 4) is 0 Å². The lowest BCUT2D eigenvalue weighted by Crippen LogP contribution is -2.43. The molecule has 0 bridgehead atoms. The summed E-state index contributed by atoms with van der Waals surface area (Å²) >= 11 is 0. The van der Waals surface area contributed by atoms with Crippen molar-refractivity contribution in [2.24, 2.45) is 5.92 Å². The quantitative estimate of drug-likeness (QED) is 0.880. The molecule has 0 radical (unpaired) electrons. The molecule has 0 amide bonds. The van der Waals surface area contributed by atoms with E-state index in [1.165, 1.54) is 18.2 Å². The van der Waals surface area contributed by atoms with Gasteiger partial charge in [0.15, 0.2) is 0 Å². The summed E-state index contributed by atoms with van der Waals surface area (Å²) in [6.45, 7) is 2.67. The fraction of sp³-hybridized carbons (Fsp3) is 0.600. The van der Waals surface area contributed by atoms with Crippen molar-refractivity contribution in [1.82, 2.24) is 5.32 Å². The first-order valence-electron chi connectivity index (χ1n) is 6.86. The summed E-state index contributed by atoms with van der Waals surface area (Å²) in [5.74, 6) is -0.433. The Labute approximate surface area is 112 Å². The first-order chi connectivity index (χ1) is 9.00. The van der Waals surface area contributed by atoms with Gasteiger partial charge in [0, 0.05) is 18.7 Å². The topological polar surface area (TPSA) is 32.3 Å². The van der Waals surface area contributed by atoms with E-state index >= 15 is 0 Å². The number of hydrogen-bond acceptors (Lipinski definition) is 2. The van der Waals surface area contributed by atoms with Crippen molar-refractivity contribution in [1.29, 1.82) is 0 Å². The third kappa shape index (κ3) is 3.74. The average molecular weight is 269 g/mol. The summed E-state index contributed by atoms with van der Waals surface area (Å²) in [4.78, 5) is 0. The van der Waals surface area contributed by atoms with E-state index in [2.05, 4.69) is 12.2 Å². The summed E-state index contributed by atoms with van der Waals surface area (Å²) in [6, 6.07) is 3.85. The van der Waals surface area contributed by atoms with Crippen LogP contribution in [0, 0.1) is 17.6 Å². The normalized spacial score (nSPS) is 27.5. The number of rotatable bonds is 4.